The number of hydrogen-bond donors (Lipinski definition) is 1. The average molecular weight is 542 g/mol. The van der Waals surface area contributed by atoms with E-state index in [0.717, 1.165) is 14.8 Å². The van der Waals surface area contributed by atoms with Gasteiger partial charge in [0.1, 0.15) is 0 Å². The number of hydrogen-bond acceptors (Lipinski definition) is 4. The van der Waals surface area contributed by atoms with Crippen LogP contribution in [0.2, 0.25) is 9.35 Å². The summed E-state index contributed by atoms with van der Waals surface area (Å²) in [7, 11) is -2.87. The zero-order chi connectivity index (χ0) is 24.7. The molecule has 0 aliphatic heterocycles. The van der Waals surface area contributed by atoms with Crippen molar-refractivity contribution in [2.24, 2.45) is 0 Å². The van der Waals surface area contributed by atoms with Crippen LogP contribution in [0.4, 0.5) is 0 Å². The quantitative estimate of drug-likeness (QED) is 0.316. The first-order valence-electron chi connectivity index (χ1n) is 11.6. The van der Waals surface area contributed by atoms with Crippen LogP contribution in [-0.2, 0) is 14.0 Å². The van der Waals surface area contributed by atoms with Crippen LogP contribution >= 0.6 is 0 Å². The predicted octanol–water partition coefficient (Wildman–Crippen LogP) is 3.31. The summed E-state index contributed by atoms with van der Waals surface area (Å²) >= 11 is -0.388. The van der Waals surface area contributed by atoms with Crippen molar-refractivity contribution in [2.45, 2.75) is 37.0 Å². The van der Waals surface area contributed by atoms with E-state index in [0.29, 0.717) is 0 Å². The van der Waals surface area contributed by atoms with E-state index < -0.39 is 18.6 Å². The maximum atomic E-state index is 13.3. The molecule has 3 aromatic rings. The van der Waals surface area contributed by atoms with Gasteiger partial charge < -0.3 is 0 Å². The van der Waals surface area contributed by atoms with Gasteiger partial charge in [0.25, 0.3) is 0 Å². The summed E-state index contributed by atoms with van der Waals surface area (Å²) in [6.07, 6.45) is 0. The standard InChI is InChI=1S/C28H34O4SeSi/c1-5-31-26(30)28(21-29,33-23-15-9-6-10-16-23)22-32-34(27(2,3)4,24-17-11-7-12-18-24)25-19-13-8-14-20-25/h6-20,29H,5,21-22H2,1-4H3. The van der Waals surface area contributed by atoms with Gasteiger partial charge in [-0.25, -0.2) is 0 Å². The van der Waals surface area contributed by atoms with Crippen LogP contribution in [0.1, 0.15) is 27.7 Å². The van der Waals surface area contributed by atoms with Gasteiger partial charge in [0.05, 0.1) is 0 Å². The molecule has 3 aromatic carbocycles. The molecular formula is C28H34O4SeSi. The van der Waals surface area contributed by atoms with Crippen molar-refractivity contribution >= 4 is 44.1 Å². The molecule has 0 radical (unpaired) electrons. The fourth-order valence-corrected chi connectivity index (χ4v) is 11.3. The van der Waals surface area contributed by atoms with Gasteiger partial charge in [-0.15, -0.1) is 0 Å². The Bertz CT molecular complexity index is 999. The second-order valence-electron chi connectivity index (χ2n) is 9.24. The van der Waals surface area contributed by atoms with Crippen molar-refractivity contribution in [3.05, 3.63) is 91.0 Å². The summed E-state index contributed by atoms with van der Waals surface area (Å²) in [6, 6.07) is 30.5. The fraction of sp³-hybridized carbons (Fsp3) is 0.321. The van der Waals surface area contributed by atoms with Gasteiger partial charge in [0.2, 0.25) is 0 Å². The Morgan fingerprint density at radius 3 is 1.74 bits per heavy atom. The molecule has 1 N–H and O–H groups in total. The van der Waals surface area contributed by atoms with Crippen molar-refractivity contribution in [1.82, 2.24) is 0 Å². The SMILES string of the molecule is CCOC(=O)C(CO)(CO[Si](c1ccccc1)(c1ccccc1)C(C)(C)C)[Se]c1ccccc1. The molecule has 4 nitrogen and oxygen atoms in total. The molecule has 0 saturated heterocycles. The molecule has 0 bridgehead atoms. The summed E-state index contributed by atoms with van der Waals surface area (Å²) in [5.74, 6) is -0.403. The number of benzene rings is 3. The van der Waals surface area contributed by atoms with Crippen molar-refractivity contribution in [2.75, 3.05) is 19.8 Å². The number of carbonyl (C=O) groups is 1. The van der Waals surface area contributed by atoms with Gasteiger partial charge in [-0.3, -0.25) is 0 Å². The van der Waals surface area contributed by atoms with Crippen molar-refractivity contribution in [3.63, 3.8) is 0 Å². The van der Waals surface area contributed by atoms with E-state index in [-0.39, 0.29) is 39.8 Å². The van der Waals surface area contributed by atoms with E-state index >= 15 is 0 Å². The summed E-state index contributed by atoms with van der Waals surface area (Å²) in [4.78, 5) is 13.3. The normalized spacial score (nSPS) is 13.8. The zero-order valence-corrected chi connectivity index (χ0v) is 23.1. The molecule has 0 aliphatic rings. The molecular weight excluding hydrogens is 507 g/mol. The third-order valence-electron chi connectivity index (χ3n) is 5.90. The third kappa shape index (κ3) is 5.53. The van der Waals surface area contributed by atoms with Gasteiger partial charge >= 0.3 is 211 Å². The van der Waals surface area contributed by atoms with Gasteiger partial charge in [-0.1, -0.05) is 0 Å². The zero-order valence-electron chi connectivity index (χ0n) is 20.4. The Morgan fingerprint density at radius 1 is 0.853 bits per heavy atom. The Hall–Kier alpha value is -2.21. The molecule has 1 atom stereocenters. The monoisotopic (exact) mass is 542 g/mol. The molecule has 34 heavy (non-hydrogen) atoms. The van der Waals surface area contributed by atoms with E-state index in [1.807, 2.05) is 66.7 Å². The van der Waals surface area contributed by atoms with Gasteiger partial charge in [-0.05, 0) is 0 Å². The molecule has 0 aliphatic carbocycles. The molecule has 0 heterocycles. The van der Waals surface area contributed by atoms with Crippen LogP contribution in [0.5, 0.6) is 0 Å². The molecule has 1 unspecified atom stereocenters. The van der Waals surface area contributed by atoms with Gasteiger partial charge in [-0.2, -0.15) is 0 Å². The number of aliphatic hydroxyl groups is 1. The van der Waals surface area contributed by atoms with E-state index in [4.69, 9.17) is 9.16 Å². The Balaban J connectivity index is 2.12. The minimum absolute atomic E-state index is 0.0878. The first-order chi connectivity index (χ1) is 16.3. The summed E-state index contributed by atoms with van der Waals surface area (Å²) in [5.41, 5.74) is 0. The second-order valence-corrected chi connectivity index (χ2v) is 16.6. The summed E-state index contributed by atoms with van der Waals surface area (Å²) in [5, 5.41) is 12.7. The van der Waals surface area contributed by atoms with Crippen LogP contribution < -0.4 is 14.8 Å². The number of ether oxygens (including phenoxy) is 1. The van der Waals surface area contributed by atoms with Gasteiger partial charge in [0, 0.05) is 0 Å². The fourth-order valence-electron chi connectivity index (χ4n) is 4.24. The number of esters is 1. The van der Waals surface area contributed by atoms with E-state index in [1.165, 1.54) is 0 Å². The Kier molecular flexibility index (Phi) is 8.91. The Labute approximate surface area is 210 Å². The first kappa shape index (κ1) is 26.4. The minimum atomic E-state index is -2.87. The molecule has 0 saturated carbocycles. The summed E-state index contributed by atoms with van der Waals surface area (Å²) in [6.45, 7) is 8.40. The van der Waals surface area contributed by atoms with Crippen LogP contribution in [0, 0.1) is 0 Å². The Morgan fingerprint density at radius 2 is 1.32 bits per heavy atom. The average Bonchev–Trinajstić information content (AvgIpc) is 2.85. The van der Waals surface area contributed by atoms with Crippen molar-refractivity contribution in [1.29, 1.82) is 0 Å². The van der Waals surface area contributed by atoms with E-state index in [1.54, 1.807) is 6.92 Å². The van der Waals surface area contributed by atoms with E-state index in [9.17, 15) is 9.90 Å². The topological polar surface area (TPSA) is 55.8 Å². The number of rotatable bonds is 10. The number of aliphatic hydroxyl groups excluding tert-OH is 1. The van der Waals surface area contributed by atoms with Crippen LogP contribution in [0.25, 0.3) is 0 Å². The predicted molar refractivity (Wildman–Crippen MR) is 142 cm³/mol. The molecule has 3 rings (SSSR count). The van der Waals surface area contributed by atoms with Crippen LogP contribution in [-0.4, -0.2) is 54.2 Å². The van der Waals surface area contributed by atoms with E-state index in [2.05, 4.69) is 45.0 Å². The molecule has 6 heteroatoms. The maximum absolute atomic E-state index is 13.3. The summed E-state index contributed by atoms with van der Waals surface area (Å²) < 4.78 is 12.4. The van der Waals surface area contributed by atoms with Crippen LogP contribution in [0.3, 0.4) is 0 Å². The molecule has 0 amide bonds. The molecule has 0 aromatic heterocycles. The van der Waals surface area contributed by atoms with Crippen LogP contribution in [0.15, 0.2) is 91.0 Å². The third-order valence-corrected chi connectivity index (χ3v) is 13.6. The molecule has 0 fully saturated rings. The van der Waals surface area contributed by atoms with Crippen molar-refractivity contribution < 1.29 is 19.1 Å². The first-order valence-corrected chi connectivity index (χ1v) is 15.2. The van der Waals surface area contributed by atoms with Crippen molar-refractivity contribution in [3.8, 4) is 0 Å². The second kappa shape index (κ2) is 11.5. The molecule has 180 valence electrons. The van der Waals surface area contributed by atoms with Gasteiger partial charge in [0.15, 0.2) is 0 Å². The molecule has 0 spiro atoms. The number of carbonyl (C=O) groups excluding carboxylic acids is 1.